The molecule has 2 heterocycles. The summed E-state index contributed by atoms with van der Waals surface area (Å²) in [6.07, 6.45) is 2.96. The van der Waals surface area contributed by atoms with Gasteiger partial charge in [0.05, 0.1) is 6.04 Å². The largest absolute Gasteiger partial charge is 0.352 e. The summed E-state index contributed by atoms with van der Waals surface area (Å²) in [5.74, 6) is 0.264. The maximum Gasteiger partial charge on any atom is 0.241 e. The minimum absolute atomic E-state index is 0.115. The third kappa shape index (κ3) is 4.31. The standard InChI is InChI=1S/C20H29N5O2/c1-14(19(26)21-16-7-8-16)24-9-11-25(12-10-24)20(27)18-13-17(22-23-18)15-5-3-2-4-6-15/h2-6,14,16-18,22-23H,7-13H2,1H3,(H,21,26). The molecular formula is C20H29N5O2. The highest BCUT2D eigenvalue weighted by Gasteiger charge is 2.35. The van der Waals surface area contributed by atoms with Crippen LogP contribution in [0.15, 0.2) is 30.3 Å². The van der Waals surface area contributed by atoms with Crippen LogP contribution in [0.5, 0.6) is 0 Å². The normalized spacial score (nSPS) is 27.4. The molecule has 1 saturated carbocycles. The third-order valence-electron chi connectivity index (χ3n) is 5.88. The van der Waals surface area contributed by atoms with Crippen molar-refractivity contribution in [3.05, 3.63) is 35.9 Å². The Bertz CT molecular complexity index is 670. The molecule has 0 radical (unpaired) electrons. The van der Waals surface area contributed by atoms with E-state index in [0.29, 0.717) is 19.1 Å². The summed E-state index contributed by atoms with van der Waals surface area (Å²) in [7, 11) is 0. The van der Waals surface area contributed by atoms with Gasteiger partial charge < -0.3 is 10.2 Å². The highest BCUT2D eigenvalue weighted by atomic mass is 16.2. The zero-order valence-corrected chi connectivity index (χ0v) is 15.9. The summed E-state index contributed by atoms with van der Waals surface area (Å²) in [5, 5.41) is 3.07. The van der Waals surface area contributed by atoms with E-state index in [4.69, 9.17) is 0 Å². The number of hydrazine groups is 1. The lowest BCUT2D eigenvalue weighted by molar-refractivity contribution is -0.136. The monoisotopic (exact) mass is 371 g/mol. The van der Waals surface area contributed by atoms with Crippen molar-refractivity contribution in [2.45, 2.75) is 50.4 Å². The summed E-state index contributed by atoms with van der Waals surface area (Å²) in [6.45, 7) is 4.80. The second-order valence-electron chi connectivity index (χ2n) is 7.86. The first-order chi connectivity index (χ1) is 13.1. The molecule has 7 heteroatoms. The number of piperazine rings is 1. The number of nitrogens with one attached hydrogen (secondary N) is 3. The topological polar surface area (TPSA) is 76.7 Å². The molecule has 4 rings (SSSR count). The van der Waals surface area contributed by atoms with Gasteiger partial charge in [0.2, 0.25) is 11.8 Å². The first-order valence-corrected chi connectivity index (χ1v) is 10.0. The lowest BCUT2D eigenvalue weighted by Crippen LogP contribution is -2.57. The third-order valence-corrected chi connectivity index (χ3v) is 5.88. The van der Waals surface area contributed by atoms with E-state index in [1.807, 2.05) is 30.0 Å². The maximum atomic E-state index is 12.9. The average molecular weight is 371 g/mol. The van der Waals surface area contributed by atoms with Crippen LogP contribution in [-0.4, -0.2) is 65.9 Å². The van der Waals surface area contributed by atoms with Gasteiger partial charge >= 0.3 is 0 Å². The zero-order chi connectivity index (χ0) is 18.8. The molecular weight excluding hydrogens is 342 g/mol. The molecule has 1 aromatic rings. The number of benzene rings is 1. The highest BCUT2D eigenvalue weighted by Crippen LogP contribution is 2.23. The molecule has 2 aliphatic heterocycles. The number of carbonyl (C=O) groups is 2. The first kappa shape index (κ1) is 18.4. The van der Waals surface area contributed by atoms with Crippen LogP contribution in [0.25, 0.3) is 0 Å². The van der Waals surface area contributed by atoms with Crippen molar-refractivity contribution in [3.8, 4) is 0 Å². The summed E-state index contributed by atoms with van der Waals surface area (Å²) in [5.41, 5.74) is 7.61. The van der Waals surface area contributed by atoms with Crippen molar-refractivity contribution < 1.29 is 9.59 Å². The highest BCUT2D eigenvalue weighted by molar-refractivity contribution is 5.83. The summed E-state index contributed by atoms with van der Waals surface area (Å²) in [4.78, 5) is 29.2. The van der Waals surface area contributed by atoms with Gasteiger partial charge in [-0.2, -0.15) is 0 Å². The average Bonchev–Trinajstić information content (AvgIpc) is 3.39. The van der Waals surface area contributed by atoms with E-state index in [1.54, 1.807) is 0 Å². The smallest absolute Gasteiger partial charge is 0.241 e. The first-order valence-electron chi connectivity index (χ1n) is 10.0. The molecule has 3 atom stereocenters. The van der Waals surface area contributed by atoms with Gasteiger partial charge in [-0.15, -0.1) is 0 Å². The van der Waals surface area contributed by atoms with Gasteiger partial charge in [-0.3, -0.25) is 14.5 Å². The van der Waals surface area contributed by atoms with Gasteiger partial charge in [-0.05, 0) is 31.7 Å². The van der Waals surface area contributed by atoms with Crippen LogP contribution in [-0.2, 0) is 9.59 Å². The summed E-state index contributed by atoms with van der Waals surface area (Å²) >= 11 is 0. The van der Waals surface area contributed by atoms with Crippen LogP contribution in [0.2, 0.25) is 0 Å². The van der Waals surface area contributed by atoms with Gasteiger partial charge in [0.1, 0.15) is 6.04 Å². The summed E-state index contributed by atoms with van der Waals surface area (Å²) in [6, 6.07) is 10.4. The molecule has 1 aromatic carbocycles. The number of amides is 2. The molecule has 7 nitrogen and oxygen atoms in total. The van der Waals surface area contributed by atoms with Crippen molar-refractivity contribution in [1.29, 1.82) is 0 Å². The Kier molecular flexibility index (Phi) is 5.43. The van der Waals surface area contributed by atoms with Gasteiger partial charge in [-0.25, -0.2) is 10.9 Å². The van der Waals surface area contributed by atoms with Crippen molar-refractivity contribution >= 4 is 11.8 Å². The van der Waals surface area contributed by atoms with Crippen molar-refractivity contribution in [1.82, 2.24) is 26.0 Å². The Labute approximate surface area is 160 Å². The molecule has 3 aliphatic rings. The molecule has 27 heavy (non-hydrogen) atoms. The molecule has 0 aromatic heterocycles. The van der Waals surface area contributed by atoms with Gasteiger partial charge in [0.25, 0.3) is 0 Å². The Morgan fingerprint density at radius 3 is 2.44 bits per heavy atom. The second-order valence-corrected chi connectivity index (χ2v) is 7.86. The lowest BCUT2D eigenvalue weighted by Gasteiger charge is -2.38. The fourth-order valence-corrected chi connectivity index (χ4v) is 3.89. The maximum absolute atomic E-state index is 12.9. The quantitative estimate of drug-likeness (QED) is 0.699. The van der Waals surface area contributed by atoms with Crippen molar-refractivity contribution in [2.24, 2.45) is 0 Å². The molecule has 3 fully saturated rings. The fourth-order valence-electron chi connectivity index (χ4n) is 3.89. The predicted molar refractivity (Wildman–Crippen MR) is 103 cm³/mol. The zero-order valence-electron chi connectivity index (χ0n) is 15.9. The van der Waals surface area contributed by atoms with E-state index >= 15 is 0 Å². The van der Waals surface area contributed by atoms with Crippen LogP contribution in [0.3, 0.4) is 0 Å². The molecule has 3 unspecified atom stereocenters. The van der Waals surface area contributed by atoms with Gasteiger partial charge in [-0.1, -0.05) is 30.3 Å². The lowest BCUT2D eigenvalue weighted by atomic mass is 10.0. The van der Waals surface area contributed by atoms with E-state index in [2.05, 4.69) is 33.2 Å². The van der Waals surface area contributed by atoms with E-state index in [-0.39, 0.29) is 29.9 Å². The number of rotatable bonds is 5. The molecule has 146 valence electrons. The van der Waals surface area contributed by atoms with Crippen LogP contribution in [0, 0.1) is 0 Å². The minimum atomic E-state index is -0.197. The van der Waals surface area contributed by atoms with Crippen molar-refractivity contribution in [3.63, 3.8) is 0 Å². The Hall–Kier alpha value is -1.96. The molecule has 2 saturated heterocycles. The van der Waals surface area contributed by atoms with Crippen LogP contribution in [0.4, 0.5) is 0 Å². The molecule has 0 bridgehead atoms. The number of hydrogen-bond donors (Lipinski definition) is 3. The van der Waals surface area contributed by atoms with Crippen LogP contribution < -0.4 is 16.2 Å². The van der Waals surface area contributed by atoms with Gasteiger partial charge in [0, 0.05) is 38.3 Å². The van der Waals surface area contributed by atoms with Crippen molar-refractivity contribution in [2.75, 3.05) is 26.2 Å². The Balaban J connectivity index is 1.25. The minimum Gasteiger partial charge on any atom is -0.352 e. The Morgan fingerprint density at radius 1 is 1.07 bits per heavy atom. The number of hydrogen-bond acceptors (Lipinski definition) is 5. The second kappa shape index (κ2) is 7.96. The SMILES string of the molecule is CC(C(=O)NC1CC1)N1CCN(C(=O)C2CC(c3ccccc3)NN2)CC1. The molecule has 0 spiro atoms. The van der Waals surface area contributed by atoms with E-state index in [1.165, 1.54) is 5.56 Å². The number of carbonyl (C=O) groups excluding carboxylic acids is 2. The van der Waals surface area contributed by atoms with E-state index in [9.17, 15) is 9.59 Å². The number of nitrogens with zero attached hydrogens (tertiary/aromatic N) is 2. The van der Waals surface area contributed by atoms with E-state index in [0.717, 1.165) is 32.4 Å². The van der Waals surface area contributed by atoms with Crippen LogP contribution >= 0.6 is 0 Å². The van der Waals surface area contributed by atoms with E-state index < -0.39 is 0 Å². The molecule has 1 aliphatic carbocycles. The summed E-state index contributed by atoms with van der Waals surface area (Å²) < 4.78 is 0. The molecule has 2 amide bonds. The molecule has 3 N–H and O–H groups in total. The fraction of sp³-hybridized carbons (Fsp3) is 0.600. The van der Waals surface area contributed by atoms with Crippen LogP contribution in [0.1, 0.15) is 37.8 Å². The van der Waals surface area contributed by atoms with Gasteiger partial charge in [0.15, 0.2) is 0 Å². The Morgan fingerprint density at radius 2 is 1.78 bits per heavy atom. The predicted octanol–water partition coefficient (Wildman–Crippen LogP) is 0.406.